The minimum Gasteiger partial charge on any atom is -0.358 e. The van der Waals surface area contributed by atoms with Crippen molar-refractivity contribution >= 4 is 38.8 Å². The first-order valence-electron chi connectivity index (χ1n) is 6.23. The summed E-state index contributed by atoms with van der Waals surface area (Å²) in [5, 5.41) is 9.62. The van der Waals surface area contributed by atoms with Gasteiger partial charge in [-0.05, 0) is 18.4 Å². The number of likely N-dealkylation sites (N-methyl/N-ethyl adjacent to an activating group) is 1. The summed E-state index contributed by atoms with van der Waals surface area (Å²) in [5.74, 6) is -0.270. The monoisotopic (exact) mass is 320 g/mol. The SMILES string of the molecule is CNC(=O)Cn1nc(-c2cccs2)c2sc(C)nc2c1=O. The molecule has 3 aromatic heterocycles. The van der Waals surface area contributed by atoms with Gasteiger partial charge in [-0.15, -0.1) is 22.7 Å². The van der Waals surface area contributed by atoms with E-state index in [1.807, 2.05) is 24.4 Å². The summed E-state index contributed by atoms with van der Waals surface area (Å²) in [6, 6.07) is 3.87. The fraction of sp³-hybridized carbons (Fsp3) is 0.231. The van der Waals surface area contributed by atoms with Gasteiger partial charge in [-0.3, -0.25) is 9.59 Å². The molecule has 0 unspecified atom stereocenters. The Balaban J connectivity index is 2.28. The largest absolute Gasteiger partial charge is 0.358 e. The average molecular weight is 320 g/mol. The highest BCUT2D eigenvalue weighted by Gasteiger charge is 2.17. The predicted molar refractivity (Wildman–Crippen MR) is 83.8 cm³/mol. The Morgan fingerprint density at radius 2 is 2.29 bits per heavy atom. The van der Waals surface area contributed by atoms with Crippen molar-refractivity contribution in [1.29, 1.82) is 0 Å². The van der Waals surface area contributed by atoms with Crippen LogP contribution in [0.3, 0.4) is 0 Å². The predicted octanol–water partition coefficient (Wildman–Crippen LogP) is 1.64. The zero-order valence-electron chi connectivity index (χ0n) is 11.4. The lowest BCUT2D eigenvalue weighted by Crippen LogP contribution is -2.32. The molecule has 0 aromatic carbocycles. The van der Waals surface area contributed by atoms with Gasteiger partial charge in [0.25, 0.3) is 5.56 Å². The second kappa shape index (κ2) is 5.38. The molecule has 108 valence electrons. The number of hydrogen-bond acceptors (Lipinski definition) is 6. The number of thiophene rings is 1. The lowest BCUT2D eigenvalue weighted by molar-refractivity contribution is -0.121. The molecule has 0 bridgehead atoms. The molecule has 1 N–H and O–H groups in total. The van der Waals surface area contributed by atoms with Crippen LogP contribution in [-0.2, 0) is 11.3 Å². The molecule has 0 aliphatic rings. The van der Waals surface area contributed by atoms with Crippen molar-refractivity contribution in [2.24, 2.45) is 0 Å². The van der Waals surface area contributed by atoms with Gasteiger partial charge >= 0.3 is 0 Å². The highest BCUT2D eigenvalue weighted by molar-refractivity contribution is 7.20. The van der Waals surface area contributed by atoms with E-state index in [0.717, 1.165) is 14.6 Å². The first-order valence-corrected chi connectivity index (χ1v) is 7.92. The molecule has 3 heterocycles. The topological polar surface area (TPSA) is 76.9 Å². The third-order valence-corrected chi connectivity index (χ3v) is 4.79. The first-order chi connectivity index (χ1) is 10.1. The van der Waals surface area contributed by atoms with Crippen molar-refractivity contribution in [3.8, 4) is 10.6 Å². The number of aryl methyl sites for hydroxylation is 1. The van der Waals surface area contributed by atoms with E-state index in [2.05, 4.69) is 15.4 Å². The van der Waals surface area contributed by atoms with Crippen molar-refractivity contribution < 1.29 is 4.79 Å². The highest BCUT2D eigenvalue weighted by Crippen LogP contribution is 2.31. The van der Waals surface area contributed by atoms with Gasteiger partial charge in [0.1, 0.15) is 12.2 Å². The summed E-state index contributed by atoms with van der Waals surface area (Å²) in [6.07, 6.45) is 0. The fourth-order valence-electron chi connectivity index (χ4n) is 1.96. The Kier molecular flexibility index (Phi) is 3.56. The summed E-state index contributed by atoms with van der Waals surface area (Å²) >= 11 is 2.98. The molecule has 8 heteroatoms. The molecule has 0 spiro atoms. The van der Waals surface area contributed by atoms with E-state index in [-0.39, 0.29) is 18.0 Å². The first kappa shape index (κ1) is 13.9. The molecule has 1 amide bonds. The Bertz CT molecular complexity index is 864. The van der Waals surface area contributed by atoms with Gasteiger partial charge in [-0.1, -0.05) is 6.07 Å². The van der Waals surface area contributed by atoms with E-state index in [4.69, 9.17) is 0 Å². The van der Waals surface area contributed by atoms with E-state index < -0.39 is 0 Å². The molecule has 0 saturated carbocycles. The van der Waals surface area contributed by atoms with Gasteiger partial charge in [-0.25, -0.2) is 9.67 Å². The van der Waals surface area contributed by atoms with Crippen LogP contribution in [0.15, 0.2) is 22.3 Å². The van der Waals surface area contributed by atoms with Gasteiger partial charge in [0.05, 0.1) is 14.6 Å². The van der Waals surface area contributed by atoms with E-state index in [1.54, 1.807) is 0 Å². The number of hydrogen-bond donors (Lipinski definition) is 1. The van der Waals surface area contributed by atoms with Crippen LogP contribution in [0, 0.1) is 6.92 Å². The number of aromatic nitrogens is 3. The molecule has 6 nitrogen and oxygen atoms in total. The van der Waals surface area contributed by atoms with Crippen LogP contribution in [0.5, 0.6) is 0 Å². The lowest BCUT2D eigenvalue weighted by Gasteiger charge is -2.06. The van der Waals surface area contributed by atoms with Crippen molar-refractivity contribution in [3.63, 3.8) is 0 Å². The average Bonchev–Trinajstić information content (AvgIpc) is 3.11. The number of amides is 1. The maximum atomic E-state index is 12.4. The van der Waals surface area contributed by atoms with Crippen molar-refractivity contribution in [1.82, 2.24) is 20.1 Å². The Morgan fingerprint density at radius 1 is 1.48 bits per heavy atom. The number of carbonyl (C=O) groups excluding carboxylic acids is 1. The molecule has 0 aliphatic carbocycles. The Morgan fingerprint density at radius 3 is 2.95 bits per heavy atom. The minimum absolute atomic E-state index is 0.111. The second-order valence-electron chi connectivity index (χ2n) is 4.37. The van der Waals surface area contributed by atoms with Crippen molar-refractivity contribution in [3.05, 3.63) is 32.9 Å². The summed E-state index contributed by atoms with van der Waals surface area (Å²) in [4.78, 5) is 29.2. The van der Waals surface area contributed by atoms with Gasteiger partial charge in [0, 0.05) is 7.05 Å². The third kappa shape index (κ3) is 2.47. The molecule has 0 atom stereocenters. The standard InChI is InChI=1S/C13H12N4O2S2/c1-7-15-11-12(21-7)10(8-4-3-5-20-8)16-17(13(11)19)6-9(18)14-2/h3-5H,6H2,1-2H3,(H,14,18). The molecular formula is C13H12N4O2S2. The lowest BCUT2D eigenvalue weighted by atomic mass is 10.3. The molecule has 0 saturated heterocycles. The second-order valence-corrected chi connectivity index (χ2v) is 6.52. The molecule has 21 heavy (non-hydrogen) atoms. The van der Waals surface area contributed by atoms with Gasteiger partial charge in [0.2, 0.25) is 5.91 Å². The number of rotatable bonds is 3. The molecular weight excluding hydrogens is 308 g/mol. The highest BCUT2D eigenvalue weighted by atomic mass is 32.1. The molecule has 3 aromatic rings. The minimum atomic E-state index is -0.335. The normalized spacial score (nSPS) is 11.0. The van der Waals surface area contributed by atoms with E-state index in [9.17, 15) is 9.59 Å². The fourth-order valence-corrected chi connectivity index (χ4v) is 3.65. The zero-order valence-corrected chi connectivity index (χ0v) is 13.0. The van der Waals surface area contributed by atoms with Crippen LogP contribution in [0.25, 0.3) is 20.8 Å². The van der Waals surface area contributed by atoms with Crippen LogP contribution in [-0.4, -0.2) is 27.7 Å². The third-order valence-electron chi connectivity index (χ3n) is 2.93. The van der Waals surface area contributed by atoms with Crippen LogP contribution in [0.1, 0.15) is 5.01 Å². The van der Waals surface area contributed by atoms with E-state index >= 15 is 0 Å². The number of fused-ring (bicyclic) bond motifs is 1. The number of nitrogens with one attached hydrogen (secondary N) is 1. The summed E-state index contributed by atoms with van der Waals surface area (Å²) in [5.41, 5.74) is 0.743. The van der Waals surface area contributed by atoms with Gasteiger partial charge in [-0.2, -0.15) is 5.10 Å². The number of nitrogens with zero attached hydrogens (tertiary/aromatic N) is 3. The zero-order chi connectivity index (χ0) is 15.0. The summed E-state index contributed by atoms with van der Waals surface area (Å²) < 4.78 is 1.95. The Labute approximate surface area is 128 Å². The van der Waals surface area contributed by atoms with Crippen LogP contribution in [0.2, 0.25) is 0 Å². The van der Waals surface area contributed by atoms with Crippen LogP contribution in [0.4, 0.5) is 0 Å². The van der Waals surface area contributed by atoms with Gasteiger partial charge in [0.15, 0.2) is 5.52 Å². The van der Waals surface area contributed by atoms with Crippen molar-refractivity contribution in [2.45, 2.75) is 13.5 Å². The Hall–Kier alpha value is -2.06. The van der Waals surface area contributed by atoms with E-state index in [0.29, 0.717) is 11.2 Å². The van der Waals surface area contributed by atoms with Crippen LogP contribution >= 0.6 is 22.7 Å². The number of thiazole rings is 1. The molecule has 0 aliphatic heterocycles. The summed E-state index contributed by atoms with van der Waals surface area (Å²) in [6.45, 7) is 1.74. The maximum Gasteiger partial charge on any atom is 0.294 e. The maximum absolute atomic E-state index is 12.4. The van der Waals surface area contributed by atoms with Gasteiger partial charge < -0.3 is 5.32 Å². The number of carbonyl (C=O) groups is 1. The molecule has 0 radical (unpaired) electrons. The summed E-state index contributed by atoms with van der Waals surface area (Å²) in [7, 11) is 1.53. The smallest absolute Gasteiger partial charge is 0.294 e. The quantitative estimate of drug-likeness (QED) is 0.796. The van der Waals surface area contributed by atoms with E-state index in [1.165, 1.54) is 34.4 Å². The molecule has 3 rings (SSSR count). The van der Waals surface area contributed by atoms with Crippen LogP contribution < -0.4 is 10.9 Å². The molecule has 0 fully saturated rings. The van der Waals surface area contributed by atoms with Crippen molar-refractivity contribution in [2.75, 3.05) is 7.05 Å².